The van der Waals surface area contributed by atoms with E-state index in [1.165, 1.54) is 29.7 Å². The molecule has 3 aromatic rings. The van der Waals surface area contributed by atoms with E-state index < -0.39 is 10.0 Å². The zero-order chi connectivity index (χ0) is 21.1. The molecular formula is C22H25N3O3S. The molecule has 3 aromatic carbocycles. The molecule has 5 N–H and O–H groups in total. The van der Waals surface area contributed by atoms with Crippen molar-refractivity contribution in [2.45, 2.75) is 17.9 Å². The summed E-state index contributed by atoms with van der Waals surface area (Å²) in [6.07, 6.45) is 1.19. The van der Waals surface area contributed by atoms with Crippen molar-refractivity contribution in [2.75, 3.05) is 6.54 Å². The summed E-state index contributed by atoms with van der Waals surface area (Å²) in [5.41, 5.74) is 8.51. The normalized spacial score (nSPS) is 12.3. The van der Waals surface area contributed by atoms with Gasteiger partial charge in [0, 0.05) is 12.1 Å². The third kappa shape index (κ3) is 7.87. The van der Waals surface area contributed by atoms with E-state index >= 15 is 0 Å². The second kappa shape index (κ2) is 11.1. The number of nitrogens with one attached hydrogen (secondary N) is 1. The van der Waals surface area contributed by atoms with Crippen molar-refractivity contribution in [3.05, 3.63) is 102 Å². The highest BCUT2D eigenvalue weighted by Crippen LogP contribution is 2.11. The summed E-state index contributed by atoms with van der Waals surface area (Å²) >= 11 is 0. The summed E-state index contributed by atoms with van der Waals surface area (Å²) in [7, 11) is -3.50. The number of primary sulfonamides is 1. The Hall–Kier alpha value is -3.00. The van der Waals surface area contributed by atoms with Crippen LogP contribution in [0.25, 0.3) is 0 Å². The smallest absolute Gasteiger partial charge is 0.248 e. The van der Waals surface area contributed by atoms with Crippen LogP contribution in [0.15, 0.2) is 89.8 Å². The molecule has 0 saturated carbocycles. The van der Waals surface area contributed by atoms with Gasteiger partial charge in [-0.1, -0.05) is 60.7 Å². The number of benzene rings is 3. The first kappa shape index (κ1) is 22.3. The number of sulfonamides is 1. The summed E-state index contributed by atoms with van der Waals surface area (Å²) < 4.78 is 21.2. The fourth-order valence-electron chi connectivity index (χ4n) is 2.63. The maximum Gasteiger partial charge on any atom is 0.248 e. The van der Waals surface area contributed by atoms with E-state index in [0.717, 1.165) is 13.1 Å². The van der Waals surface area contributed by atoms with Gasteiger partial charge in [0.15, 0.2) is 0 Å². The van der Waals surface area contributed by atoms with E-state index in [1.54, 1.807) is 42.5 Å². The lowest BCUT2D eigenvalue weighted by atomic mass is 10.0. The lowest BCUT2D eigenvalue weighted by Crippen LogP contribution is -2.23. The standard InChI is InChI=1S/C9H11N.C7H7NO.C6H7NO2S/c1-2-4-9-7-10-6-5-8(9)3-1;8-7(9)6-4-2-1-3-5-6;7-10(8,9)6-4-2-1-3-5-6/h1-4,10H,5-7H2;1-5H,(H2,8,9);1-5H,(H2,7,8,9). The maximum atomic E-state index is 10.6. The van der Waals surface area contributed by atoms with Crippen molar-refractivity contribution in [3.8, 4) is 0 Å². The molecule has 0 bridgehead atoms. The number of hydrogen-bond acceptors (Lipinski definition) is 4. The number of carbonyl (C=O) groups is 1. The second-order valence-corrected chi connectivity index (χ2v) is 7.85. The van der Waals surface area contributed by atoms with Gasteiger partial charge in [0.05, 0.1) is 4.90 Å². The van der Waals surface area contributed by atoms with Crippen molar-refractivity contribution in [1.82, 2.24) is 5.32 Å². The molecule has 6 nitrogen and oxygen atoms in total. The Bertz CT molecular complexity index is 983. The van der Waals surface area contributed by atoms with Crippen molar-refractivity contribution in [2.24, 2.45) is 10.9 Å². The molecule has 0 unspecified atom stereocenters. The predicted molar refractivity (Wildman–Crippen MR) is 115 cm³/mol. The number of primary amides is 1. The molecule has 7 heteroatoms. The van der Waals surface area contributed by atoms with Gasteiger partial charge < -0.3 is 11.1 Å². The van der Waals surface area contributed by atoms with E-state index in [4.69, 9.17) is 10.9 Å². The molecule has 1 aliphatic heterocycles. The highest BCUT2D eigenvalue weighted by molar-refractivity contribution is 7.89. The summed E-state index contributed by atoms with van der Waals surface area (Å²) in [4.78, 5) is 10.6. The van der Waals surface area contributed by atoms with Crippen molar-refractivity contribution >= 4 is 15.9 Å². The minimum atomic E-state index is -3.50. The van der Waals surface area contributed by atoms with E-state index in [2.05, 4.69) is 29.6 Å². The summed E-state index contributed by atoms with van der Waals surface area (Å²) in [5.74, 6) is -0.379. The van der Waals surface area contributed by atoms with E-state index in [1.807, 2.05) is 6.07 Å². The number of carbonyl (C=O) groups excluding carboxylic acids is 1. The van der Waals surface area contributed by atoms with Crippen LogP contribution in [-0.2, 0) is 23.0 Å². The molecule has 1 heterocycles. The zero-order valence-electron chi connectivity index (χ0n) is 16.0. The van der Waals surface area contributed by atoms with Gasteiger partial charge in [0.2, 0.25) is 15.9 Å². The van der Waals surface area contributed by atoms with Crippen LogP contribution in [-0.4, -0.2) is 20.9 Å². The summed E-state index contributed by atoms with van der Waals surface area (Å²) in [6.45, 7) is 2.19. The number of hydrogen-bond donors (Lipinski definition) is 3. The highest BCUT2D eigenvalue weighted by atomic mass is 32.2. The van der Waals surface area contributed by atoms with Gasteiger partial charge in [0.25, 0.3) is 0 Å². The minimum Gasteiger partial charge on any atom is -0.366 e. The van der Waals surface area contributed by atoms with Crippen molar-refractivity contribution in [3.63, 3.8) is 0 Å². The molecule has 0 radical (unpaired) electrons. The molecule has 0 aromatic heterocycles. The summed E-state index contributed by atoms with van der Waals surface area (Å²) in [6, 6.07) is 25.3. The molecule has 1 aliphatic rings. The van der Waals surface area contributed by atoms with Crippen LogP contribution in [0.3, 0.4) is 0 Å². The highest BCUT2D eigenvalue weighted by Gasteiger charge is 2.05. The average molecular weight is 412 g/mol. The monoisotopic (exact) mass is 411 g/mol. The zero-order valence-corrected chi connectivity index (χ0v) is 16.8. The van der Waals surface area contributed by atoms with Crippen LogP contribution in [0.2, 0.25) is 0 Å². The SMILES string of the molecule is NC(=O)c1ccccc1.NS(=O)(=O)c1ccccc1.c1ccc2c(c1)CCNC2. The second-order valence-electron chi connectivity index (χ2n) is 6.28. The molecule has 4 rings (SSSR count). The number of amides is 1. The molecule has 152 valence electrons. The Morgan fingerprint density at radius 1 is 0.793 bits per heavy atom. The van der Waals surface area contributed by atoms with Crippen molar-refractivity contribution < 1.29 is 13.2 Å². The van der Waals surface area contributed by atoms with Gasteiger partial charge in [-0.2, -0.15) is 0 Å². The third-order valence-corrected chi connectivity index (χ3v) is 5.06. The molecule has 0 atom stereocenters. The first-order chi connectivity index (χ1) is 13.9. The van der Waals surface area contributed by atoms with Crippen molar-refractivity contribution in [1.29, 1.82) is 0 Å². The molecular weight excluding hydrogens is 386 g/mol. The Morgan fingerprint density at radius 2 is 1.31 bits per heavy atom. The Kier molecular flexibility index (Phi) is 8.54. The molecule has 0 spiro atoms. The van der Waals surface area contributed by atoms with Crippen LogP contribution in [0.1, 0.15) is 21.5 Å². The van der Waals surface area contributed by atoms with Gasteiger partial charge in [-0.15, -0.1) is 0 Å². The van der Waals surface area contributed by atoms with Gasteiger partial charge in [-0.3, -0.25) is 4.79 Å². The quantitative estimate of drug-likeness (QED) is 0.601. The van der Waals surface area contributed by atoms with Crippen LogP contribution < -0.4 is 16.2 Å². The lowest BCUT2D eigenvalue weighted by Gasteiger charge is -2.15. The Morgan fingerprint density at radius 3 is 1.76 bits per heavy atom. The lowest BCUT2D eigenvalue weighted by molar-refractivity contribution is 0.100. The maximum absolute atomic E-state index is 10.6. The van der Waals surface area contributed by atoms with Gasteiger partial charge in [-0.05, 0) is 48.4 Å². The molecule has 0 saturated heterocycles. The van der Waals surface area contributed by atoms with Crippen LogP contribution >= 0.6 is 0 Å². The predicted octanol–water partition coefficient (Wildman–Crippen LogP) is 2.45. The molecule has 29 heavy (non-hydrogen) atoms. The summed E-state index contributed by atoms with van der Waals surface area (Å²) in [5, 5.41) is 8.17. The fraction of sp³-hybridized carbons (Fsp3) is 0.136. The number of fused-ring (bicyclic) bond motifs is 1. The van der Waals surface area contributed by atoms with E-state index in [-0.39, 0.29) is 10.8 Å². The first-order valence-corrected chi connectivity index (χ1v) is 10.6. The van der Waals surface area contributed by atoms with E-state index in [0.29, 0.717) is 5.56 Å². The fourth-order valence-corrected chi connectivity index (χ4v) is 3.17. The van der Waals surface area contributed by atoms with Crippen LogP contribution in [0.4, 0.5) is 0 Å². The van der Waals surface area contributed by atoms with Gasteiger partial charge in [0.1, 0.15) is 0 Å². The molecule has 0 fully saturated rings. The largest absolute Gasteiger partial charge is 0.366 e. The van der Waals surface area contributed by atoms with Gasteiger partial charge >= 0.3 is 0 Å². The van der Waals surface area contributed by atoms with Crippen LogP contribution in [0.5, 0.6) is 0 Å². The minimum absolute atomic E-state index is 0.148. The number of nitrogens with two attached hydrogens (primary N) is 2. The van der Waals surface area contributed by atoms with Crippen LogP contribution in [0, 0.1) is 0 Å². The Labute approximate surface area is 171 Å². The first-order valence-electron chi connectivity index (χ1n) is 9.08. The number of rotatable bonds is 2. The Balaban J connectivity index is 0.000000156. The van der Waals surface area contributed by atoms with E-state index in [9.17, 15) is 13.2 Å². The average Bonchev–Trinajstić information content (AvgIpc) is 2.75. The molecule has 0 aliphatic carbocycles. The molecule has 1 amide bonds. The topological polar surface area (TPSA) is 115 Å². The van der Waals surface area contributed by atoms with Gasteiger partial charge in [-0.25, -0.2) is 13.6 Å². The third-order valence-electron chi connectivity index (χ3n) is 4.13.